The molecule has 2 N–H and O–H groups in total. The molecule has 0 aliphatic carbocycles. The lowest BCUT2D eigenvalue weighted by molar-refractivity contribution is 0.415. The van der Waals surface area contributed by atoms with Crippen LogP contribution < -0.4 is 15.6 Å². The average Bonchev–Trinajstić information content (AvgIpc) is 2.53. The summed E-state index contributed by atoms with van der Waals surface area (Å²) in [6.45, 7) is 0.451. The summed E-state index contributed by atoms with van der Waals surface area (Å²) in [6, 6.07) is 14.9. The molecule has 3 rings (SSSR count). The second-order valence-electron chi connectivity index (χ2n) is 4.61. The summed E-state index contributed by atoms with van der Waals surface area (Å²) < 4.78 is 5.11. The fourth-order valence-electron chi connectivity index (χ4n) is 2.11. The number of rotatable bonds is 4. The Morgan fingerprint density at radius 3 is 2.67 bits per heavy atom. The molecule has 5 heteroatoms. The van der Waals surface area contributed by atoms with Gasteiger partial charge in [0.25, 0.3) is 5.56 Å². The van der Waals surface area contributed by atoms with Crippen molar-refractivity contribution in [3.8, 4) is 5.75 Å². The SMILES string of the molecule is COc1ccc(NCc2nc3ccccc3c(=O)[nH]2)cc1. The van der Waals surface area contributed by atoms with Crippen LogP contribution in [0.3, 0.4) is 0 Å². The molecule has 106 valence electrons. The number of H-pyrrole nitrogens is 1. The Balaban J connectivity index is 1.80. The summed E-state index contributed by atoms with van der Waals surface area (Å²) in [5, 5.41) is 3.82. The predicted octanol–water partition coefficient (Wildman–Crippen LogP) is 2.54. The topological polar surface area (TPSA) is 67.0 Å². The predicted molar refractivity (Wildman–Crippen MR) is 82.7 cm³/mol. The van der Waals surface area contributed by atoms with E-state index in [9.17, 15) is 4.79 Å². The molecule has 0 aliphatic rings. The van der Waals surface area contributed by atoms with Gasteiger partial charge in [-0.25, -0.2) is 4.98 Å². The lowest BCUT2D eigenvalue weighted by atomic mass is 10.2. The molecule has 0 radical (unpaired) electrons. The minimum absolute atomic E-state index is 0.118. The van der Waals surface area contributed by atoms with Crippen LogP contribution in [-0.4, -0.2) is 17.1 Å². The molecule has 5 nitrogen and oxygen atoms in total. The van der Waals surface area contributed by atoms with Gasteiger partial charge in [-0.2, -0.15) is 0 Å². The van der Waals surface area contributed by atoms with Gasteiger partial charge in [-0.05, 0) is 36.4 Å². The summed E-state index contributed by atoms with van der Waals surface area (Å²) in [5.41, 5.74) is 1.52. The highest BCUT2D eigenvalue weighted by Gasteiger charge is 2.03. The summed E-state index contributed by atoms with van der Waals surface area (Å²) >= 11 is 0. The van der Waals surface area contributed by atoms with Gasteiger partial charge >= 0.3 is 0 Å². The van der Waals surface area contributed by atoms with E-state index in [1.54, 1.807) is 13.2 Å². The summed E-state index contributed by atoms with van der Waals surface area (Å²) in [7, 11) is 1.63. The maximum absolute atomic E-state index is 12.0. The van der Waals surface area contributed by atoms with Crippen LogP contribution in [0.1, 0.15) is 5.82 Å². The molecule has 0 bridgehead atoms. The van der Waals surface area contributed by atoms with Crippen LogP contribution in [0.25, 0.3) is 10.9 Å². The molecule has 0 spiro atoms. The van der Waals surface area contributed by atoms with Crippen LogP contribution in [0.5, 0.6) is 5.75 Å². The van der Waals surface area contributed by atoms with Crippen LogP contribution in [0.4, 0.5) is 5.69 Å². The van der Waals surface area contributed by atoms with E-state index < -0.39 is 0 Å². The van der Waals surface area contributed by atoms with Gasteiger partial charge in [0.1, 0.15) is 11.6 Å². The molecule has 0 saturated heterocycles. The molecule has 3 aromatic rings. The first-order valence-corrected chi connectivity index (χ1v) is 6.62. The quantitative estimate of drug-likeness (QED) is 0.771. The van der Waals surface area contributed by atoms with Crippen molar-refractivity contribution in [3.63, 3.8) is 0 Å². The number of fused-ring (bicyclic) bond motifs is 1. The van der Waals surface area contributed by atoms with Crippen molar-refractivity contribution in [2.24, 2.45) is 0 Å². The summed E-state index contributed by atoms with van der Waals surface area (Å²) in [4.78, 5) is 19.2. The first kappa shape index (κ1) is 13.2. The standard InChI is InChI=1S/C16H15N3O2/c1-21-12-8-6-11(7-9-12)17-10-15-18-14-5-3-2-4-13(14)16(20)19-15/h2-9,17H,10H2,1H3,(H,18,19,20). The molecule has 0 atom stereocenters. The van der Waals surface area contributed by atoms with Crippen molar-refractivity contribution in [3.05, 3.63) is 64.7 Å². The number of benzene rings is 2. The zero-order valence-corrected chi connectivity index (χ0v) is 11.6. The van der Waals surface area contributed by atoms with Crippen molar-refractivity contribution in [1.29, 1.82) is 0 Å². The van der Waals surface area contributed by atoms with Crippen LogP contribution in [0.2, 0.25) is 0 Å². The van der Waals surface area contributed by atoms with E-state index >= 15 is 0 Å². The molecule has 0 unspecified atom stereocenters. The van der Waals surface area contributed by atoms with Crippen molar-refractivity contribution in [1.82, 2.24) is 9.97 Å². The third-order valence-electron chi connectivity index (χ3n) is 3.21. The molecule has 0 fully saturated rings. The molecule has 0 aliphatic heterocycles. The molecule has 21 heavy (non-hydrogen) atoms. The van der Waals surface area contributed by atoms with Gasteiger partial charge in [0, 0.05) is 5.69 Å². The zero-order valence-electron chi connectivity index (χ0n) is 11.6. The number of methoxy groups -OCH3 is 1. The number of aromatic nitrogens is 2. The highest BCUT2D eigenvalue weighted by Crippen LogP contribution is 2.15. The van der Waals surface area contributed by atoms with Gasteiger partial charge in [0.05, 0.1) is 24.6 Å². The maximum Gasteiger partial charge on any atom is 0.258 e. The van der Waals surface area contributed by atoms with E-state index in [0.717, 1.165) is 11.4 Å². The first-order chi connectivity index (χ1) is 10.3. The molecule has 1 heterocycles. The Bertz CT molecular complexity index is 810. The van der Waals surface area contributed by atoms with Gasteiger partial charge in [-0.15, -0.1) is 0 Å². The van der Waals surface area contributed by atoms with Crippen LogP contribution in [0.15, 0.2) is 53.3 Å². The minimum Gasteiger partial charge on any atom is -0.497 e. The average molecular weight is 281 g/mol. The van der Waals surface area contributed by atoms with E-state index in [0.29, 0.717) is 23.3 Å². The Morgan fingerprint density at radius 2 is 1.90 bits per heavy atom. The number of anilines is 1. The van der Waals surface area contributed by atoms with Crippen molar-refractivity contribution in [2.45, 2.75) is 6.54 Å². The first-order valence-electron chi connectivity index (χ1n) is 6.62. The fraction of sp³-hybridized carbons (Fsp3) is 0.125. The van der Waals surface area contributed by atoms with Crippen LogP contribution >= 0.6 is 0 Å². The lowest BCUT2D eigenvalue weighted by Gasteiger charge is -2.07. The number of hydrogen-bond donors (Lipinski definition) is 2. The van der Waals surface area contributed by atoms with E-state index in [-0.39, 0.29) is 5.56 Å². The Hall–Kier alpha value is -2.82. The fourth-order valence-corrected chi connectivity index (χ4v) is 2.11. The normalized spacial score (nSPS) is 10.5. The van der Waals surface area contributed by atoms with Crippen LogP contribution in [0, 0.1) is 0 Å². The molecule has 0 amide bonds. The van der Waals surface area contributed by atoms with Gasteiger partial charge in [-0.1, -0.05) is 12.1 Å². The van der Waals surface area contributed by atoms with Gasteiger partial charge < -0.3 is 15.0 Å². The number of hydrogen-bond acceptors (Lipinski definition) is 4. The third-order valence-corrected chi connectivity index (χ3v) is 3.21. The number of nitrogens with zero attached hydrogens (tertiary/aromatic N) is 1. The molecular weight excluding hydrogens is 266 g/mol. The second-order valence-corrected chi connectivity index (χ2v) is 4.61. The Labute approximate surface area is 121 Å². The Morgan fingerprint density at radius 1 is 1.14 bits per heavy atom. The summed E-state index contributed by atoms with van der Waals surface area (Å²) in [5.74, 6) is 1.41. The maximum atomic E-state index is 12.0. The van der Waals surface area contributed by atoms with E-state index in [4.69, 9.17) is 4.74 Å². The number of para-hydroxylation sites is 1. The van der Waals surface area contributed by atoms with E-state index in [1.807, 2.05) is 42.5 Å². The third kappa shape index (κ3) is 2.86. The highest BCUT2D eigenvalue weighted by atomic mass is 16.5. The minimum atomic E-state index is -0.118. The smallest absolute Gasteiger partial charge is 0.258 e. The molecular formula is C16H15N3O2. The van der Waals surface area contributed by atoms with Gasteiger partial charge in [0.15, 0.2) is 0 Å². The van der Waals surface area contributed by atoms with Crippen molar-refractivity contribution in [2.75, 3.05) is 12.4 Å². The number of nitrogens with one attached hydrogen (secondary N) is 2. The van der Waals surface area contributed by atoms with Gasteiger partial charge in [-0.3, -0.25) is 4.79 Å². The van der Waals surface area contributed by atoms with Crippen LogP contribution in [-0.2, 0) is 6.54 Å². The molecule has 1 aromatic heterocycles. The van der Waals surface area contributed by atoms with E-state index in [2.05, 4.69) is 15.3 Å². The van der Waals surface area contributed by atoms with E-state index in [1.165, 1.54) is 0 Å². The highest BCUT2D eigenvalue weighted by molar-refractivity contribution is 5.77. The van der Waals surface area contributed by atoms with Crippen molar-refractivity contribution >= 4 is 16.6 Å². The number of aromatic amines is 1. The monoisotopic (exact) mass is 281 g/mol. The Kier molecular flexibility index (Phi) is 3.55. The summed E-state index contributed by atoms with van der Waals surface area (Å²) in [6.07, 6.45) is 0. The second kappa shape index (κ2) is 5.66. The van der Waals surface area contributed by atoms with Gasteiger partial charge in [0.2, 0.25) is 0 Å². The lowest BCUT2D eigenvalue weighted by Crippen LogP contribution is -2.14. The largest absolute Gasteiger partial charge is 0.497 e. The number of ether oxygens (including phenoxy) is 1. The molecule has 0 saturated carbocycles. The zero-order chi connectivity index (χ0) is 14.7. The van der Waals surface area contributed by atoms with Crippen molar-refractivity contribution < 1.29 is 4.74 Å². The molecule has 2 aromatic carbocycles.